The van der Waals surface area contributed by atoms with Crippen molar-refractivity contribution in [2.75, 3.05) is 18.5 Å². The second kappa shape index (κ2) is 8.27. The summed E-state index contributed by atoms with van der Waals surface area (Å²) in [6, 6.07) is 4.11. The zero-order valence-corrected chi connectivity index (χ0v) is 15.6. The lowest BCUT2D eigenvalue weighted by Crippen LogP contribution is -2.32. The largest absolute Gasteiger partial charge is 0.455 e. The Morgan fingerprint density at radius 3 is 2.56 bits per heavy atom. The van der Waals surface area contributed by atoms with Gasteiger partial charge in [-0.3, -0.25) is 9.59 Å². The molecule has 9 nitrogen and oxygen atoms in total. The van der Waals surface area contributed by atoms with Gasteiger partial charge in [-0.15, -0.1) is 0 Å². The Morgan fingerprint density at radius 1 is 1.26 bits per heavy atom. The van der Waals surface area contributed by atoms with Crippen LogP contribution in [0.2, 0.25) is 0 Å². The van der Waals surface area contributed by atoms with Crippen molar-refractivity contribution in [3.05, 3.63) is 41.0 Å². The molecule has 0 radical (unpaired) electrons. The molecule has 0 atom stereocenters. The van der Waals surface area contributed by atoms with Gasteiger partial charge in [-0.1, -0.05) is 11.2 Å². The first-order chi connectivity index (χ1) is 12.6. The molecule has 0 bridgehead atoms. The third-order valence-corrected chi connectivity index (χ3v) is 5.11. The van der Waals surface area contributed by atoms with Gasteiger partial charge in [0.15, 0.2) is 12.4 Å². The molecule has 0 aliphatic rings. The lowest BCUT2D eigenvalue weighted by molar-refractivity contribution is -0.146. The van der Waals surface area contributed by atoms with Crippen LogP contribution in [0.1, 0.15) is 17.0 Å². The van der Waals surface area contributed by atoms with Gasteiger partial charge in [-0.2, -0.15) is 4.72 Å². The van der Waals surface area contributed by atoms with E-state index in [0.717, 1.165) is 6.07 Å². The zero-order valence-electron chi connectivity index (χ0n) is 14.8. The Balaban J connectivity index is 1.83. The topological polar surface area (TPSA) is 128 Å². The number of nitrogens with zero attached hydrogens (tertiary/aromatic N) is 1. The zero-order chi connectivity index (χ0) is 20.2. The Kier molecular flexibility index (Phi) is 6.28. The first-order valence-electron chi connectivity index (χ1n) is 7.74. The number of aromatic nitrogens is 1. The predicted molar refractivity (Wildman–Crippen MR) is 91.9 cm³/mol. The molecule has 0 aliphatic heterocycles. The van der Waals surface area contributed by atoms with Crippen molar-refractivity contribution in [1.82, 2.24) is 9.88 Å². The molecule has 1 heterocycles. The molecule has 146 valence electrons. The molecule has 2 N–H and O–H groups in total. The first-order valence-corrected chi connectivity index (χ1v) is 9.22. The summed E-state index contributed by atoms with van der Waals surface area (Å²) in [7, 11) is -4.02. The smallest absolute Gasteiger partial charge is 0.321 e. The molecular weight excluding hydrogens is 381 g/mol. The van der Waals surface area contributed by atoms with Crippen LogP contribution >= 0.6 is 0 Å². The van der Waals surface area contributed by atoms with Gasteiger partial charge in [0.05, 0.1) is 0 Å². The van der Waals surface area contributed by atoms with Gasteiger partial charge >= 0.3 is 5.97 Å². The highest BCUT2D eigenvalue weighted by molar-refractivity contribution is 7.89. The maximum absolute atomic E-state index is 13.4. The number of aryl methyl sites for hydroxylation is 3. The Morgan fingerprint density at radius 2 is 1.96 bits per heavy atom. The maximum atomic E-state index is 13.4. The van der Waals surface area contributed by atoms with E-state index in [1.54, 1.807) is 6.92 Å². The molecule has 0 fully saturated rings. The van der Waals surface area contributed by atoms with E-state index in [4.69, 9.17) is 9.26 Å². The van der Waals surface area contributed by atoms with E-state index in [1.165, 1.54) is 26.0 Å². The summed E-state index contributed by atoms with van der Waals surface area (Å²) in [5.41, 5.74) is 0.779. The first kappa shape index (κ1) is 20.5. The molecule has 0 unspecified atom stereocenters. The molecule has 2 aromatic rings. The number of carbonyl (C=O) groups excluding carboxylic acids is 2. The number of carbonyl (C=O) groups is 2. The van der Waals surface area contributed by atoms with E-state index in [2.05, 4.69) is 10.5 Å². The molecule has 1 amide bonds. The van der Waals surface area contributed by atoms with Crippen LogP contribution in [0.25, 0.3) is 0 Å². The summed E-state index contributed by atoms with van der Waals surface area (Å²) in [4.78, 5) is 23.2. The van der Waals surface area contributed by atoms with Gasteiger partial charge in [0.2, 0.25) is 10.0 Å². The van der Waals surface area contributed by atoms with Gasteiger partial charge < -0.3 is 14.6 Å². The highest BCUT2D eigenvalue weighted by Crippen LogP contribution is 2.18. The minimum atomic E-state index is -4.02. The second-order valence-electron chi connectivity index (χ2n) is 5.65. The van der Waals surface area contributed by atoms with E-state index in [1.807, 2.05) is 4.72 Å². The fourth-order valence-electron chi connectivity index (χ4n) is 2.15. The van der Waals surface area contributed by atoms with E-state index >= 15 is 0 Å². The highest BCUT2D eigenvalue weighted by Gasteiger charge is 2.25. The van der Waals surface area contributed by atoms with E-state index in [0.29, 0.717) is 5.56 Å². The van der Waals surface area contributed by atoms with Crippen molar-refractivity contribution in [2.45, 2.75) is 25.7 Å². The Hall–Kier alpha value is -2.79. The maximum Gasteiger partial charge on any atom is 0.321 e. The van der Waals surface area contributed by atoms with Gasteiger partial charge in [-0.05, 0) is 38.5 Å². The number of hydrogen-bond acceptors (Lipinski definition) is 7. The number of hydrogen-bond donors (Lipinski definition) is 2. The molecule has 1 aromatic heterocycles. The van der Waals surface area contributed by atoms with E-state index < -0.39 is 40.9 Å². The molecule has 27 heavy (non-hydrogen) atoms. The highest BCUT2D eigenvalue weighted by atomic mass is 32.2. The van der Waals surface area contributed by atoms with Gasteiger partial charge in [0.1, 0.15) is 23.0 Å². The van der Waals surface area contributed by atoms with Crippen molar-refractivity contribution in [3.63, 3.8) is 0 Å². The van der Waals surface area contributed by atoms with Gasteiger partial charge in [0.25, 0.3) is 5.91 Å². The molecule has 11 heteroatoms. The predicted octanol–water partition coefficient (Wildman–Crippen LogP) is 1.20. The number of anilines is 1. The van der Waals surface area contributed by atoms with Crippen LogP contribution in [0.3, 0.4) is 0 Å². The standard InChI is InChI=1S/C16H18FN3O6S/c1-9-4-5-12(6-13(9)17)19-14(21)8-25-15(22)7-18-27(23,24)16-10(2)20-26-11(16)3/h4-6,18H,7-8H2,1-3H3,(H,19,21). The van der Waals surface area contributed by atoms with Crippen molar-refractivity contribution in [1.29, 1.82) is 0 Å². The number of ether oxygens (including phenoxy) is 1. The van der Waals surface area contributed by atoms with Crippen molar-refractivity contribution in [3.8, 4) is 0 Å². The van der Waals surface area contributed by atoms with E-state index in [-0.39, 0.29) is 22.0 Å². The normalized spacial score (nSPS) is 11.3. The monoisotopic (exact) mass is 399 g/mol. The second-order valence-corrected chi connectivity index (χ2v) is 7.35. The summed E-state index contributed by atoms with van der Waals surface area (Å²) in [6.45, 7) is 3.11. The van der Waals surface area contributed by atoms with Crippen molar-refractivity contribution < 1.29 is 31.7 Å². The fraction of sp³-hybridized carbons (Fsp3) is 0.312. The summed E-state index contributed by atoms with van der Waals surface area (Å²) in [5, 5.41) is 5.89. The third kappa shape index (κ3) is 5.34. The van der Waals surface area contributed by atoms with Crippen molar-refractivity contribution >= 4 is 27.6 Å². The number of esters is 1. The van der Waals surface area contributed by atoms with Crippen LogP contribution in [0.4, 0.5) is 10.1 Å². The molecule has 0 aliphatic carbocycles. The summed E-state index contributed by atoms with van der Waals surface area (Å²) in [6.07, 6.45) is 0. The molecule has 2 rings (SSSR count). The van der Waals surface area contributed by atoms with Crippen LogP contribution in [-0.4, -0.2) is 38.6 Å². The third-order valence-electron chi connectivity index (χ3n) is 3.46. The minimum Gasteiger partial charge on any atom is -0.455 e. The number of sulfonamides is 1. The van der Waals surface area contributed by atoms with Crippen molar-refractivity contribution in [2.24, 2.45) is 0 Å². The summed E-state index contributed by atoms with van der Waals surface area (Å²) < 4.78 is 49.2. The van der Waals surface area contributed by atoms with Crippen LogP contribution in [0, 0.1) is 26.6 Å². The Bertz CT molecular complexity index is 951. The Labute approximate surface area is 154 Å². The molecule has 1 aromatic carbocycles. The molecule has 0 spiro atoms. The fourth-order valence-corrected chi connectivity index (χ4v) is 3.44. The number of benzene rings is 1. The van der Waals surface area contributed by atoms with Crippen LogP contribution in [-0.2, 0) is 24.3 Å². The number of amides is 1. The molecule has 0 saturated heterocycles. The molecular formula is C16H18FN3O6S. The quantitative estimate of drug-likeness (QED) is 0.670. The van der Waals surface area contributed by atoms with Gasteiger partial charge in [0, 0.05) is 5.69 Å². The van der Waals surface area contributed by atoms with Gasteiger partial charge in [-0.25, -0.2) is 12.8 Å². The van der Waals surface area contributed by atoms with Crippen LogP contribution < -0.4 is 10.0 Å². The number of nitrogens with one attached hydrogen (secondary N) is 2. The number of rotatable bonds is 7. The lowest BCUT2D eigenvalue weighted by atomic mass is 10.2. The van der Waals surface area contributed by atoms with Crippen LogP contribution in [0.15, 0.2) is 27.6 Å². The van der Waals surface area contributed by atoms with E-state index in [9.17, 15) is 22.4 Å². The number of halogens is 1. The summed E-state index contributed by atoms with van der Waals surface area (Å²) in [5.74, 6) is -2.06. The average molecular weight is 399 g/mol. The minimum absolute atomic E-state index is 0.0816. The molecule has 0 saturated carbocycles. The average Bonchev–Trinajstić information content (AvgIpc) is 2.94. The SMILES string of the molecule is Cc1ccc(NC(=O)COC(=O)CNS(=O)(=O)c2c(C)noc2C)cc1F. The summed E-state index contributed by atoms with van der Waals surface area (Å²) >= 11 is 0. The lowest BCUT2D eigenvalue weighted by Gasteiger charge is -2.08. The van der Waals surface area contributed by atoms with Crippen LogP contribution in [0.5, 0.6) is 0 Å².